The largest absolute Gasteiger partial charge is 0.462 e. The van der Waals surface area contributed by atoms with Crippen molar-refractivity contribution >= 4 is 11.9 Å². The van der Waals surface area contributed by atoms with E-state index >= 15 is 0 Å². The van der Waals surface area contributed by atoms with Crippen LogP contribution in [0, 0.1) is 0 Å². The molecule has 0 aromatic rings. The molecule has 0 saturated heterocycles. The van der Waals surface area contributed by atoms with E-state index in [-0.39, 0.29) is 25.2 Å². The van der Waals surface area contributed by atoms with Gasteiger partial charge in [-0.2, -0.15) is 0 Å². The van der Waals surface area contributed by atoms with E-state index in [1.807, 2.05) is 0 Å². The van der Waals surface area contributed by atoms with Crippen LogP contribution in [0.4, 0.5) is 0 Å². The van der Waals surface area contributed by atoms with Gasteiger partial charge in [0.1, 0.15) is 6.61 Å². The van der Waals surface area contributed by atoms with Gasteiger partial charge >= 0.3 is 11.9 Å². The molecule has 0 heterocycles. The number of allylic oxidation sites excluding steroid dienone is 16. The molecule has 1 N–H and O–H groups in total. The number of aliphatic hydroxyl groups excluding tert-OH is 1. The molecular formula is C63H108O5. The molecule has 390 valence electrons. The lowest BCUT2D eigenvalue weighted by Crippen LogP contribution is -2.28. The molecule has 5 heteroatoms. The van der Waals surface area contributed by atoms with Crippen LogP contribution in [-0.4, -0.2) is 36.4 Å². The van der Waals surface area contributed by atoms with Gasteiger partial charge in [0.15, 0.2) is 6.10 Å². The minimum Gasteiger partial charge on any atom is -0.462 e. The lowest BCUT2D eigenvalue weighted by Gasteiger charge is -2.15. The second-order valence-electron chi connectivity index (χ2n) is 19.0. The SMILES string of the molecule is CC/C=C\C/C=C\C/C=C\C/C=C\CCCCCCCCCCCCCCCCCCCCCCCCCCC(=O)OC(CO)COC(=O)CCCCCC/C=C\C/C=C\C/C=C\C/C=C\CC. The van der Waals surface area contributed by atoms with E-state index in [0.717, 1.165) is 103 Å². The van der Waals surface area contributed by atoms with Crippen molar-refractivity contribution < 1.29 is 24.2 Å². The van der Waals surface area contributed by atoms with Crippen LogP contribution in [0.25, 0.3) is 0 Å². The Hall–Kier alpha value is -3.18. The maximum atomic E-state index is 12.3. The number of rotatable bonds is 52. The summed E-state index contributed by atoms with van der Waals surface area (Å²) in [6.45, 7) is 3.91. The van der Waals surface area contributed by atoms with Gasteiger partial charge in [-0.15, -0.1) is 0 Å². The molecule has 0 radical (unpaired) electrons. The summed E-state index contributed by atoms with van der Waals surface area (Å²) in [7, 11) is 0. The fourth-order valence-corrected chi connectivity index (χ4v) is 8.13. The van der Waals surface area contributed by atoms with E-state index in [4.69, 9.17) is 9.47 Å². The standard InChI is InChI=1S/C63H108O5/c1-3-5-7-9-11-13-15-17-19-21-22-23-24-25-26-27-28-29-30-31-32-33-34-35-36-37-38-39-40-42-44-46-48-50-52-54-56-58-63(66)68-61(59-64)60-67-62(65)57-55-53-51-49-47-45-43-41-20-18-16-14-12-10-8-6-4-2/h5-8,11-14,17-20,22-23,43,45,61,64H,3-4,9-10,15-16,21,24-42,44,46-60H2,1-2H3/b7-5-,8-6-,13-11-,14-12-,19-17-,20-18-,23-22-,45-43-. The number of carbonyl (C=O) groups excluding carboxylic acids is 2. The van der Waals surface area contributed by atoms with Crippen LogP contribution in [0.5, 0.6) is 0 Å². The van der Waals surface area contributed by atoms with Crippen molar-refractivity contribution in [3.05, 3.63) is 97.2 Å². The van der Waals surface area contributed by atoms with Gasteiger partial charge in [-0.25, -0.2) is 0 Å². The highest BCUT2D eigenvalue weighted by Gasteiger charge is 2.16. The number of ether oxygens (including phenoxy) is 2. The van der Waals surface area contributed by atoms with Gasteiger partial charge in [0.2, 0.25) is 0 Å². The van der Waals surface area contributed by atoms with Gasteiger partial charge in [-0.05, 0) is 89.9 Å². The first-order valence-corrected chi connectivity index (χ1v) is 28.8. The first-order chi connectivity index (χ1) is 33.6. The highest BCUT2D eigenvalue weighted by molar-refractivity contribution is 5.70. The van der Waals surface area contributed by atoms with E-state index in [2.05, 4.69) is 111 Å². The first kappa shape index (κ1) is 64.8. The van der Waals surface area contributed by atoms with Crippen LogP contribution in [0.15, 0.2) is 97.2 Å². The normalized spacial score (nSPS) is 12.9. The van der Waals surface area contributed by atoms with E-state index in [9.17, 15) is 14.7 Å². The Morgan fingerprint density at radius 3 is 0.882 bits per heavy atom. The summed E-state index contributed by atoms with van der Waals surface area (Å²) in [5.74, 6) is -0.613. The Labute approximate surface area is 421 Å². The molecule has 0 aliphatic rings. The average molecular weight is 946 g/mol. The fourth-order valence-electron chi connectivity index (χ4n) is 8.13. The summed E-state index contributed by atoms with van der Waals surface area (Å²) < 4.78 is 10.7. The molecule has 0 aromatic carbocycles. The predicted molar refractivity (Wildman–Crippen MR) is 297 cm³/mol. The van der Waals surface area contributed by atoms with E-state index in [1.165, 1.54) is 141 Å². The van der Waals surface area contributed by atoms with Crippen LogP contribution in [-0.2, 0) is 19.1 Å². The summed E-state index contributed by atoms with van der Waals surface area (Å²) in [5.41, 5.74) is 0. The second-order valence-corrected chi connectivity index (χ2v) is 19.0. The summed E-state index contributed by atoms with van der Waals surface area (Å²) in [4.78, 5) is 24.5. The predicted octanol–water partition coefficient (Wildman–Crippen LogP) is 19.5. The van der Waals surface area contributed by atoms with Crippen molar-refractivity contribution in [2.75, 3.05) is 13.2 Å². The maximum Gasteiger partial charge on any atom is 0.306 e. The third kappa shape index (κ3) is 55.4. The fraction of sp³-hybridized carbons (Fsp3) is 0.714. The quantitative estimate of drug-likeness (QED) is 0.0374. The highest BCUT2D eigenvalue weighted by Crippen LogP contribution is 2.17. The Balaban J connectivity index is 3.44. The third-order valence-electron chi connectivity index (χ3n) is 12.4. The molecule has 0 fully saturated rings. The molecule has 0 saturated carbocycles. The molecular weight excluding hydrogens is 837 g/mol. The van der Waals surface area contributed by atoms with Gasteiger partial charge in [0.05, 0.1) is 6.61 Å². The molecule has 0 aliphatic carbocycles. The van der Waals surface area contributed by atoms with Gasteiger partial charge in [-0.1, -0.05) is 265 Å². The zero-order valence-corrected chi connectivity index (χ0v) is 44.6. The zero-order chi connectivity index (χ0) is 49.2. The van der Waals surface area contributed by atoms with Gasteiger partial charge in [0, 0.05) is 12.8 Å². The second kappa shape index (κ2) is 58.1. The summed E-state index contributed by atoms with van der Waals surface area (Å²) >= 11 is 0. The number of aliphatic hydroxyl groups is 1. The topological polar surface area (TPSA) is 72.8 Å². The van der Waals surface area contributed by atoms with Crippen LogP contribution < -0.4 is 0 Å². The number of carbonyl (C=O) groups is 2. The molecule has 68 heavy (non-hydrogen) atoms. The van der Waals surface area contributed by atoms with Crippen LogP contribution >= 0.6 is 0 Å². The molecule has 1 atom stereocenters. The molecule has 0 spiro atoms. The van der Waals surface area contributed by atoms with Crippen molar-refractivity contribution in [1.29, 1.82) is 0 Å². The van der Waals surface area contributed by atoms with Crippen molar-refractivity contribution in [2.24, 2.45) is 0 Å². The summed E-state index contributed by atoms with van der Waals surface area (Å²) in [6.07, 6.45) is 82.6. The van der Waals surface area contributed by atoms with E-state index < -0.39 is 6.10 Å². The average Bonchev–Trinajstić information content (AvgIpc) is 3.34. The van der Waals surface area contributed by atoms with Crippen molar-refractivity contribution in [2.45, 2.75) is 277 Å². The molecule has 0 bridgehead atoms. The number of unbranched alkanes of at least 4 members (excludes halogenated alkanes) is 28. The van der Waals surface area contributed by atoms with Crippen LogP contribution in [0.1, 0.15) is 271 Å². The summed E-state index contributed by atoms with van der Waals surface area (Å²) in [5, 5.41) is 9.64. The zero-order valence-electron chi connectivity index (χ0n) is 44.6. The number of hydrogen-bond donors (Lipinski definition) is 1. The van der Waals surface area contributed by atoms with Gasteiger partial charge < -0.3 is 14.6 Å². The molecule has 1 unspecified atom stereocenters. The van der Waals surface area contributed by atoms with Crippen molar-refractivity contribution in [3.63, 3.8) is 0 Å². The van der Waals surface area contributed by atoms with Gasteiger partial charge in [-0.3, -0.25) is 9.59 Å². The molecule has 0 rings (SSSR count). The minimum atomic E-state index is -0.785. The Morgan fingerprint density at radius 2 is 0.588 bits per heavy atom. The van der Waals surface area contributed by atoms with Crippen LogP contribution in [0.2, 0.25) is 0 Å². The third-order valence-corrected chi connectivity index (χ3v) is 12.4. The lowest BCUT2D eigenvalue weighted by molar-refractivity contribution is -0.161. The maximum absolute atomic E-state index is 12.3. The Bertz CT molecular complexity index is 1300. The smallest absolute Gasteiger partial charge is 0.306 e. The Morgan fingerprint density at radius 1 is 0.338 bits per heavy atom. The first-order valence-electron chi connectivity index (χ1n) is 28.8. The van der Waals surface area contributed by atoms with E-state index in [0.29, 0.717) is 12.8 Å². The molecule has 0 aliphatic heterocycles. The van der Waals surface area contributed by atoms with Gasteiger partial charge in [0.25, 0.3) is 0 Å². The van der Waals surface area contributed by atoms with Crippen LogP contribution in [0.3, 0.4) is 0 Å². The highest BCUT2D eigenvalue weighted by atomic mass is 16.6. The molecule has 0 aromatic heterocycles. The van der Waals surface area contributed by atoms with Crippen molar-refractivity contribution in [1.82, 2.24) is 0 Å². The Kier molecular flexibility index (Phi) is 55.4. The van der Waals surface area contributed by atoms with Crippen molar-refractivity contribution in [3.8, 4) is 0 Å². The monoisotopic (exact) mass is 945 g/mol. The number of esters is 2. The molecule has 5 nitrogen and oxygen atoms in total. The molecule has 0 amide bonds. The van der Waals surface area contributed by atoms with E-state index in [1.54, 1.807) is 0 Å². The minimum absolute atomic E-state index is 0.0799. The lowest BCUT2D eigenvalue weighted by atomic mass is 10.0. The number of hydrogen-bond acceptors (Lipinski definition) is 5. The summed E-state index contributed by atoms with van der Waals surface area (Å²) in [6, 6.07) is 0.